The maximum atomic E-state index is 10.2. The number of imidazole rings is 1. The fourth-order valence-electron chi connectivity index (χ4n) is 1.91. The number of hydrogen-bond acceptors (Lipinski definition) is 6. The number of aromatic nitrogens is 4. The van der Waals surface area contributed by atoms with Crippen LogP contribution in [0.5, 0.6) is 0 Å². The van der Waals surface area contributed by atoms with E-state index in [2.05, 4.69) is 25.3 Å². The first kappa shape index (κ1) is 12.7. The summed E-state index contributed by atoms with van der Waals surface area (Å²) in [5.74, 6) is 0.650. The predicted octanol–water partition coefficient (Wildman–Crippen LogP) is 0.0774. The van der Waals surface area contributed by atoms with Crippen LogP contribution >= 0.6 is 0 Å². The lowest BCUT2D eigenvalue weighted by atomic mass is 10.1. The van der Waals surface area contributed by atoms with Crippen molar-refractivity contribution in [2.75, 3.05) is 32.5 Å². The molecular weight excluding hydrogens is 232 g/mol. The van der Waals surface area contributed by atoms with Crippen LogP contribution in [0.15, 0.2) is 12.7 Å². The zero-order valence-electron chi connectivity index (χ0n) is 10.8. The summed E-state index contributed by atoms with van der Waals surface area (Å²) in [5.41, 5.74) is 0.527. The molecule has 1 atom stereocenters. The fraction of sp³-hybridized carbons (Fsp3) is 0.545. The molecule has 7 heteroatoms. The second-order valence-corrected chi connectivity index (χ2v) is 4.91. The van der Waals surface area contributed by atoms with Gasteiger partial charge in [0.2, 0.25) is 0 Å². The minimum atomic E-state index is -0.833. The Morgan fingerprint density at radius 3 is 2.89 bits per heavy atom. The molecule has 0 saturated carbocycles. The van der Waals surface area contributed by atoms with E-state index in [0.29, 0.717) is 24.6 Å². The molecule has 0 saturated heterocycles. The van der Waals surface area contributed by atoms with Crippen molar-refractivity contribution in [3.63, 3.8) is 0 Å². The molecule has 0 aliphatic heterocycles. The number of hydrogen-bond donors (Lipinski definition) is 3. The van der Waals surface area contributed by atoms with Crippen molar-refractivity contribution >= 4 is 17.0 Å². The SMILES string of the molecule is CN(C)CC(C)(O)CNc1ncnc2nc[nH]c12. The molecule has 0 aliphatic carbocycles. The van der Waals surface area contributed by atoms with Crippen molar-refractivity contribution in [2.24, 2.45) is 0 Å². The zero-order valence-corrected chi connectivity index (χ0v) is 10.8. The highest BCUT2D eigenvalue weighted by Gasteiger charge is 2.21. The van der Waals surface area contributed by atoms with Crippen LogP contribution in [0.2, 0.25) is 0 Å². The average Bonchev–Trinajstić information content (AvgIpc) is 2.72. The molecule has 0 fully saturated rings. The molecule has 0 spiro atoms. The van der Waals surface area contributed by atoms with Crippen LogP contribution in [0, 0.1) is 0 Å². The molecule has 2 aromatic rings. The Kier molecular flexibility index (Phi) is 3.44. The minimum Gasteiger partial charge on any atom is -0.387 e. The number of fused-ring (bicyclic) bond motifs is 1. The Labute approximate surface area is 105 Å². The highest BCUT2D eigenvalue weighted by atomic mass is 16.3. The predicted molar refractivity (Wildman–Crippen MR) is 69.4 cm³/mol. The van der Waals surface area contributed by atoms with Gasteiger partial charge in [0.1, 0.15) is 11.8 Å². The third kappa shape index (κ3) is 2.93. The Morgan fingerprint density at radius 1 is 1.39 bits per heavy atom. The smallest absolute Gasteiger partial charge is 0.182 e. The molecule has 0 aliphatic rings. The van der Waals surface area contributed by atoms with E-state index in [9.17, 15) is 5.11 Å². The number of nitrogens with zero attached hydrogens (tertiary/aromatic N) is 4. The van der Waals surface area contributed by atoms with Crippen LogP contribution < -0.4 is 5.32 Å². The number of likely N-dealkylation sites (N-methyl/N-ethyl adjacent to an activating group) is 1. The average molecular weight is 250 g/mol. The van der Waals surface area contributed by atoms with E-state index in [-0.39, 0.29) is 0 Å². The van der Waals surface area contributed by atoms with Gasteiger partial charge in [0.25, 0.3) is 0 Å². The van der Waals surface area contributed by atoms with Gasteiger partial charge in [-0.15, -0.1) is 0 Å². The van der Waals surface area contributed by atoms with Gasteiger partial charge < -0.3 is 20.3 Å². The van der Waals surface area contributed by atoms with Gasteiger partial charge in [-0.2, -0.15) is 0 Å². The summed E-state index contributed by atoms with van der Waals surface area (Å²) in [6.07, 6.45) is 3.02. The lowest BCUT2D eigenvalue weighted by molar-refractivity contribution is 0.0459. The summed E-state index contributed by atoms with van der Waals surface area (Å²) < 4.78 is 0. The number of rotatable bonds is 5. The van der Waals surface area contributed by atoms with Crippen molar-refractivity contribution < 1.29 is 5.11 Å². The van der Waals surface area contributed by atoms with Crippen LogP contribution in [0.25, 0.3) is 11.2 Å². The maximum absolute atomic E-state index is 10.2. The Hall–Kier alpha value is -1.73. The van der Waals surface area contributed by atoms with Gasteiger partial charge in [0.05, 0.1) is 11.9 Å². The maximum Gasteiger partial charge on any atom is 0.182 e. The quantitative estimate of drug-likeness (QED) is 0.696. The summed E-state index contributed by atoms with van der Waals surface area (Å²) in [6, 6.07) is 0. The van der Waals surface area contributed by atoms with Gasteiger partial charge in [-0.25, -0.2) is 15.0 Å². The van der Waals surface area contributed by atoms with E-state index in [4.69, 9.17) is 0 Å². The summed E-state index contributed by atoms with van der Waals surface area (Å²) in [5, 5.41) is 13.3. The molecule has 18 heavy (non-hydrogen) atoms. The monoisotopic (exact) mass is 250 g/mol. The molecule has 0 radical (unpaired) electrons. The lowest BCUT2D eigenvalue weighted by Crippen LogP contribution is -2.43. The molecule has 3 N–H and O–H groups in total. The first-order chi connectivity index (χ1) is 8.48. The van der Waals surface area contributed by atoms with Crippen LogP contribution in [-0.4, -0.2) is 62.7 Å². The lowest BCUT2D eigenvalue weighted by Gasteiger charge is -2.27. The van der Waals surface area contributed by atoms with Crippen molar-refractivity contribution in [3.8, 4) is 0 Å². The largest absolute Gasteiger partial charge is 0.387 e. The highest BCUT2D eigenvalue weighted by Crippen LogP contribution is 2.15. The van der Waals surface area contributed by atoms with E-state index >= 15 is 0 Å². The Bertz CT molecular complexity index is 521. The highest BCUT2D eigenvalue weighted by molar-refractivity contribution is 5.81. The number of H-pyrrole nitrogens is 1. The van der Waals surface area contributed by atoms with Gasteiger partial charge in [0.15, 0.2) is 11.5 Å². The van der Waals surface area contributed by atoms with Gasteiger partial charge in [-0.05, 0) is 21.0 Å². The second kappa shape index (κ2) is 4.87. The molecule has 1 unspecified atom stereocenters. The summed E-state index contributed by atoms with van der Waals surface area (Å²) in [4.78, 5) is 17.1. The molecular formula is C11H18N6O. The van der Waals surface area contributed by atoms with Gasteiger partial charge in [0, 0.05) is 13.1 Å². The van der Waals surface area contributed by atoms with Crippen LogP contribution in [-0.2, 0) is 0 Å². The van der Waals surface area contributed by atoms with Crippen LogP contribution in [0.1, 0.15) is 6.92 Å². The molecule has 98 valence electrons. The molecule has 2 heterocycles. The summed E-state index contributed by atoms with van der Waals surface area (Å²) >= 11 is 0. The first-order valence-corrected chi connectivity index (χ1v) is 5.73. The fourth-order valence-corrected chi connectivity index (χ4v) is 1.91. The van der Waals surface area contributed by atoms with E-state index in [0.717, 1.165) is 5.52 Å². The van der Waals surface area contributed by atoms with Crippen molar-refractivity contribution in [2.45, 2.75) is 12.5 Å². The topological polar surface area (TPSA) is 90.0 Å². The second-order valence-electron chi connectivity index (χ2n) is 4.91. The molecule has 0 bridgehead atoms. The molecule has 7 nitrogen and oxygen atoms in total. The van der Waals surface area contributed by atoms with Gasteiger partial charge in [-0.1, -0.05) is 0 Å². The number of nitrogens with one attached hydrogen (secondary N) is 2. The third-order valence-electron chi connectivity index (χ3n) is 2.52. The van der Waals surface area contributed by atoms with E-state index in [1.54, 1.807) is 13.3 Å². The van der Waals surface area contributed by atoms with Crippen molar-refractivity contribution in [1.29, 1.82) is 0 Å². The third-order valence-corrected chi connectivity index (χ3v) is 2.52. The minimum absolute atomic E-state index is 0.399. The van der Waals surface area contributed by atoms with Crippen molar-refractivity contribution in [3.05, 3.63) is 12.7 Å². The van der Waals surface area contributed by atoms with Gasteiger partial charge in [-0.3, -0.25) is 0 Å². The van der Waals surface area contributed by atoms with E-state index in [1.165, 1.54) is 6.33 Å². The van der Waals surface area contributed by atoms with Crippen LogP contribution in [0.4, 0.5) is 5.82 Å². The summed E-state index contributed by atoms with van der Waals surface area (Å²) in [7, 11) is 3.85. The van der Waals surface area contributed by atoms with E-state index in [1.807, 2.05) is 19.0 Å². The summed E-state index contributed by atoms with van der Waals surface area (Å²) in [6.45, 7) is 2.75. The first-order valence-electron chi connectivity index (χ1n) is 5.73. The molecule has 0 amide bonds. The molecule has 2 aromatic heterocycles. The normalized spacial score (nSPS) is 14.9. The number of aromatic amines is 1. The Morgan fingerprint density at radius 2 is 2.17 bits per heavy atom. The molecule has 2 rings (SSSR count). The number of anilines is 1. The van der Waals surface area contributed by atoms with Crippen LogP contribution in [0.3, 0.4) is 0 Å². The molecule has 0 aromatic carbocycles. The van der Waals surface area contributed by atoms with Crippen molar-refractivity contribution in [1.82, 2.24) is 24.8 Å². The Balaban J connectivity index is 2.08. The standard InChI is InChI=1S/C11H18N6O/c1-11(18,5-17(2)3)4-12-9-8-10(14-6-13-8)16-7-15-9/h6-7,18H,4-5H2,1-3H3,(H2,12,13,14,15,16). The number of aliphatic hydroxyl groups is 1. The van der Waals surface area contributed by atoms with E-state index < -0.39 is 5.60 Å². The van der Waals surface area contributed by atoms with Gasteiger partial charge >= 0.3 is 0 Å². The zero-order chi connectivity index (χ0) is 13.2.